The molecule has 1 aromatic carbocycles. The lowest BCUT2D eigenvalue weighted by Crippen LogP contribution is -2.37. The molecule has 1 aliphatic rings. The first-order valence-electron chi connectivity index (χ1n) is 7.86. The number of nitrogens with one attached hydrogen (secondary N) is 1. The number of H-pyrrole nitrogens is 1. The molecule has 1 saturated heterocycles. The number of rotatable bonds is 4. The first-order valence-corrected chi connectivity index (χ1v) is 7.86. The summed E-state index contributed by atoms with van der Waals surface area (Å²) in [6, 6.07) is 4.91. The van der Waals surface area contributed by atoms with Crippen molar-refractivity contribution in [2.75, 3.05) is 12.3 Å². The van der Waals surface area contributed by atoms with Crippen molar-refractivity contribution < 1.29 is 29.6 Å². The lowest BCUT2D eigenvalue weighted by molar-refractivity contribution is -0.0599. The molecule has 6 N–H and O–H groups in total. The van der Waals surface area contributed by atoms with Gasteiger partial charge in [0, 0.05) is 18.0 Å². The van der Waals surface area contributed by atoms with Crippen molar-refractivity contribution in [2.24, 2.45) is 0 Å². The number of nitrogens with zero attached hydrogens (tertiary/aromatic N) is 1. The van der Waals surface area contributed by atoms with Crippen LogP contribution in [0, 0.1) is 0 Å². The van der Waals surface area contributed by atoms with Gasteiger partial charge in [0.2, 0.25) is 0 Å². The van der Waals surface area contributed by atoms with Gasteiger partial charge in [-0.15, -0.1) is 0 Å². The van der Waals surface area contributed by atoms with E-state index < -0.39 is 48.4 Å². The van der Waals surface area contributed by atoms with Gasteiger partial charge in [-0.2, -0.15) is 0 Å². The topological polar surface area (TPSA) is 177 Å². The lowest BCUT2D eigenvalue weighted by Gasteiger charge is -2.16. The lowest BCUT2D eigenvalue weighted by atomic mass is 10.1. The Kier molecular flexibility index (Phi) is 4.99. The fraction of sp³-hybridized carbons (Fsp3) is 0.312. The predicted octanol–water partition coefficient (Wildman–Crippen LogP) is -1.70. The second-order valence-electron chi connectivity index (χ2n) is 5.94. The maximum absolute atomic E-state index is 12.1. The summed E-state index contributed by atoms with van der Waals surface area (Å²) in [4.78, 5) is 37.0. The molecule has 1 fully saturated rings. The van der Waals surface area contributed by atoms with E-state index in [1.54, 1.807) is 0 Å². The standard InChI is InChI=1S/C16H17N3O8/c17-7-1-2-9(20)8(5-7)15(24)26-6-10-12(22)13(23)14(27-10)19-4-3-11(21)18-16(19)25/h1-5,10,12-14,20,22-23H,6,17H2,(H,18,21,25)/t10-,12-,13-,14-/m1/s1. The Morgan fingerprint density at radius 2 is 2.00 bits per heavy atom. The minimum absolute atomic E-state index is 0.170. The molecule has 2 heterocycles. The number of aromatic hydroxyl groups is 1. The first-order chi connectivity index (χ1) is 12.8. The van der Waals surface area contributed by atoms with Gasteiger partial charge in [-0.05, 0) is 18.2 Å². The smallest absolute Gasteiger partial charge is 0.342 e. The molecule has 11 nitrogen and oxygen atoms in total. The number of nitrogens with two attached hydrogens (primary N) is 1. The number of hydrogen-bond acceptors (Lipinski definition) is 9. The predicted molar refractivity (Wildman–Crippen MR) is 90.0 cm³/mol. The van der Waals surface area contributed by atoms with Crippen molar-refractivity contribution in [3.8, 4) is 5.75 Å². The van der Waals surface area contributed by atoms with E-state index in [4.69, 9.17) is 15.2 Å². The third kappa shape index (κ3) is 3.69. The van der Waals surface area contributed by atoms with Crippen LogP contribution in [0.2, 0.25) is 0 Å². The van der Waals surface area contributed by atoms with Crippen LogP contribution < -0.4 is 17.0 Å². The summed E-state index contributed by atoms with van der Waals surface area (Å²) >= 11 is 0. The van der Waals surface area contributed by atoms with Gasteiger partial charge >= 0.3 is 11.7 Å². The van der Waals surface area contributed by atoms with Gasteiger partial charge in [0.15, 0.2) is 6.23 Å². The summed E-state index contributed by atoms with van der Waals surface area (Å²) in [6.07, 6.45) is -4.28. The Balaban J connectivity index is 1.71. The van der Waals surface area contributed by atoms with E-state index in [0.29, 0.717) is 0 Å². The van der Waals surface area contributed by atoms with Gasteiger partial charge in [-0.1, -0.05) is 0 Å². The van der Waals surface area contributed by atoms with Crippen molar-refractivity contribution in [3.63, 3.8) is 0 Å². The third-order valence-electron chi connectivity index (χ3n) is 4.08. The summed E-state index contributed by atoms with van der Waals surface area (Å²) in [5.74, 6) is -1.24. The maximum atomic E-state index is 12.1. The highest BCUT2D eigenvalue weighted by molar-refractivity contribution is 5.93. The zero-order valence-corrected chi connectivity index (χ0v) is 13.8. The third-order valence-corrected chi connectivity index (χ3v) is 4.08. The van der Waals surface area contributed by atoms with Crippen molar-refractivity contribution in [1.82, 2.24) is 9.55 Å². The van der Waals surface area contributed by atoms with Crippen LogP contribution in [0.15, 0.2) is 40.1 Å². The van der Waals surface area contributed by atoms with Gasteiger partial charge in [0.05, 0.1) is 0 Å². The fourth-order valence-electron chi connectivity index (χ4n) is 2.68. The van der Waals surface area contributed by atoms with Crippen LogP contribution in [-0.4, -0.2) is 55.8 Å². The van der Waals surface area contributed by atoms with Crippen LogP contribution in [0.3, 0.4) is 0 Å². The van der Waals surface area contributed by atoms with Crippen molar-refractivity contribution >= 4 is 11.7 Å². The molecule has 0 aliphatic carbocycles. The average molecular weight is 379 g/mol. The highest BCUT2D eigenvalue weighted by Gasteiger charge is 2.44. The highest BCUT2D eigenvalue weighted by Crippen LogP contribution is 2.29. The Labute approximate surface area is 151 Å². The van der Waals surface area contributed by atoms with Crippen LogP contribution in [-0.2, 0) is 9.47 Å². The minimum atomic E-state index is -1.50. The molecule has 1 aromatic heterocycles. The van der Waals surface area contributed by atoms with E-state index in [1.165, 1.54) is 18.2 Å². The molecule has 11 heteroatoms. The molecular weight excluding hydrogens is 362 g/mol. The molecule has 0 unspecified atom stereocenters. The molecule has 4 atom stereocenters. The van der Waals surface area contributed by atoms with Crippen LogP contribution in [0.1, 0.15) is 16.6 Å². The molecule has 3 rings (SSSR count). The van der Waals surface area contributed by atoms with Gasteiger partial charge in [0.1, 0.15) is 36.2 Å². The number of nitrogen functional groups attached to an aromatic ring is 1. The number of benzene rings is 1. The minimum Gasteiger partial charge on any atom is -0.507 e. The van der Waals surface area contributed by atoms with Gasteiger partial charge in [-0.25, -0.2) is 9.59 Å². The summed E-state index contributed by atoms with van der Waals surface area (Å²) in [5, 5.41) is 29.9. The van der Waals surface area contributed by atoms with Crippen LogP contribution in [0.4, 0.5) is 5.69 Å². The number of phenolic OH excluding ortho intramolecular Hbond substituents is 1. The Morgan fingerprint density at radius 1 is 1.26 bits per heavy atom. The highest BCUT2D eigenvalue weighted by atomic mass is 16.6. The number of aromatic nitrogens is 2. The van der Waals surface area contributed by atoms with Crippen molar-refractivity contribution in [1.29, 1.82) is 0 Å². The van der Waals surface area contributed by atoms with E-state index in [-0.39, 0.29) is 17.0 Å². The van der Waals surface area contributed by atoms with Crippen LogP contribution >= 0.6 is 0 Å². The molecule has 2 aromatic rings. The zero-order chi connectivity index (χ0) is 19.7. The Morgan fingerprint density at radius 3 is 2.70 bits per heavy atom. The van der Waals surface area contributed by atoms with E-state index in [1.807, 2.05) is 4.98 Å². The molecular formula is C16H17N3O8. The summed E-state index contributed by atoms with van der Waals surface area (Å²) < 4.78 is 11.3. The number of aliphatic hydroxyl groups is 2. The monoisotopic (exact) mass is 379 g/mol. The maximum Gasteiger partial charge on any atom is 0.342 e. The molecule has 0 saturated carbocycles. The van der Waals surface area contributed by atoms with Crippen LogP contribution in [0.5, 0.6) is 5.75 Å². The number of anilines is 1. The summed E-state index contributed by atoms with van der Waals surface area (Å²) in [7, 11) is 0. The molecule has 0 amide bonds. The zero-order valence-electron chi connectivity index (χ0n) is 13.8. The Bertz CT molecular complexity index is 969. The molecule has 1 aliphatic heterocycles. The molecule has 144 valence electrons. The van der Waals surface area contributed by atoms with Crippen molar-refractivity contribution in [3.05, 3.63) is 56.9 Å². The number of hydrogen-bond donors (Lipinski definition) is 5. The van der Waals surface area contributed by atoms with E-state index in [9.17, 15) is 29.7 Å². The summed E-state index contributed by atoms with van der Waals surface area (Å²) in [6.45, 7) is -0.458. The number of phenols is 1. The molecule has 27 heavy (non-hydrogen) atoms. The number of esters is 1. The number of ether oxygens (including phenoxy) is 2. The van der Waals surface area contributed by atoms with E-state index in [2.05, 4.69) is 0 Å². The number of carbonyl (C=O) groups excluding carboxylic acids is 1. The van der Waals surface area contributed by atoms with Crippen molar-refractivity contribution in [2.45, 2.75) is 24.5 Å². The van der Waals surface area contributed by atoms with Gasteiger partial charge in [0.25, 0.3) is 5.56 Å². The Hall–Kier alpha value is -3.15. The first kappa shape index (κ1) is 18.6. The van der Waals surface area contributed by atoms with E-state index in [0.717, 1.165) is 16.8 Å². The quantitative estimate of drug-likeness (QED) is 0.235. The second-order valence-corrected chi connectivity index (χ2v) is 5.94. The van der Waals surface area contributed by atoms with E-state index >= 15 is 0 Å². The second kappa shape index (κ2) is 7.23. The molecule has 0 radical (unpaired) electrons. The number of aromatic amines is 1. The number of aliphatic hydroxyl groups excluding tert-OH is 2. The van der Waals surface area contributed by atoms with Gasteiger partial charge in [-0.3, -0.25) is 14.3 Å². The van der Waals surface area contributed by atoms with Gasteiger partial charge < -0.3 is 30.5 Å². The largest absolute Gasteiger partial charge is 0.507 e. The fourth-order valence-corrected chi connectivity index (χ4v) is 2.68. The van der Waals surface area contributed by atoms with Crippen LogP contribution in [0.25, 0.3) is 0 Å². The number of carbonyl (C=O) groups is 1. The molecule has 0 bridgehead atoms. The average Bonchev–Trinajstić information content (AvgIpc) is 2.90. The normalized spacial score (nSPS) is 24.7. The summed E-state index contributed by atoms with van der Waals surface area (Å²) in [5.41, 5.74) is 4.17. The molecule has 0 spiro atoms. The SMILES string of the molecule is Nc1ccc(O)c(C(=O)OC[C@H]2O[C@@H](n3ccc(=O)[nH]c3=O)[C@H](O)[C@@H]2O)c1.